The molecular weight excluding hydrogens is 321 g/mol. The smallest absolute Gasteiger partial charge is 0.311 e. The largest absolute Gasteiger partial charge is 0.325 e. The van der Waals surface area contributed by atoms with Gasteiger partial charge in [0.05, 0.1) is 5.56 Å². The Hall–Kier alpha value is -2.21. The van der Waals surface area contributed by atoms with Crippen molar-refractivity contribution in [2.24, 2.45) is 5.92 Å². The number of aromatic amines is 2. The topological polar surface area (TPSA) is 69.0 Å². The van der Waals surface area contributed by atoms with E-state index in [4.69, 9.17) is 0 Å². The van der Waals surface area contributed by atoms with Crippen LogP contribution in [0.1, 0.15) is 36.1 Å². The number of piperidine rings is 1. The molecule has 25 heavy (non-hydrogen) atoms. The summed E-state index contributed by atoms with van der Waals surface area (Å²) in [6.45, 7) is 4.23. The zero-order chi connectivity index (χ0) is 17.8. The lowest BCUT2D eigenvalue weighted by molar-refractivity contribution is 0.161. The van der Waals surface area contributed by atoms with Crippen molar-refractivity contribution in [2.75, 3.05) is 13.1 Å². The van der Waals surface area contributed by atoms with Crippen LogP contribution in [0.2, 0.25) is 0 Å². The normalized spacial score (nSPS) is 18.4. The average molecular weight is 345 g/mol. The van der Waals surface area contributed by atoms with Gasteiger partial charge in [0.15, 0.2) is 0 Å². The molecule has 1 aliphatic rings. The fraction of sp³-hybridized carbons (Fsp3) is 0.474. The Bertz CT molecular complexity index is 826. The Balaban J connectivity index is 1.59. The summed E-state index contributed by atoms with van der Waals surface area (Å²) in [5.41, 5.74) is 1.68. The molecule has 0 aliphatic carbocycles. The van der Waals surface area contributed by atoms with Crippen LogP contribution in [0, 0.1) is 18.7 Å². The molecule has 5 nitrogen and oxygen atoms in total. The lowest BCUT2D eigenvalue weighted by Crippen LogP contribution is -2.38. The fourth-order valence-corrected chi connectivity index (χ4v) is 3.59. The third-order valence-electron chi connectivity index (χ3n) is 4.99. The van der Waals surface area contributed by atoms with Crippen molar-refractivity contribution >= 4 is 0 Å². The summed E-state index contributed by atoms with van der Waals surface area (Å²) in [5.74, 6) is 0.370. The molecule has 0 radical (unpaired) electrons. The third kappa shape index (κ3) is 4.66. The highest BCUT2D eigenvalue weighted by molar-refractivity contribution is 5.16. The molecule has 0 spiro atoms. The molecule has 1 fully saturated rings. The molecule has 1 aliphatic heterocycles. The molecule has 134 valence electrons. The first-order valence-corrected chi connectivity index (χ1v) is 8.80. The number of hydrogen-bond acceptors (Lipinski definition) is 3. The van der Waals surface area contributed by atoms with E-state index in [1.807, 2.05) is 12.1 Å². The maximum Gasteiger partial charge on any atom is 0.325 e. The van der Waals surface area contributed by atoms with Gasteiger partial charge in [-0.1, -0.05) is 12.1 Å². The van der Waals surface area contributed by atoms with Crippen LogP contribution < -0.4 is 11.2 Å². The maximum atomic E-state index is 13.0. The molecule has 0 amide bonds. The first kappa shape index (κ1) is 17.6. The number of H-pyrrole nitrogens is 2. The van der Waals surface area contributed by atoms with Crippen LogP contribution in [-0.2, 0) is 13.0 Å². The van der Waals surface area contributed by atoms with Crippen molar-refractivity contribution < 1.29 is 4.39 Å². The van der Waals surface area contributed by atoms with Crippen LogP contribution in [0.15, 0.2) is 33.9 Å². The molecule has 3 rings (SSSR count). The second kappa shape index (κ2) is 7.78. The summed E-state index contributed by atoms with van der Waals surface area (Å²) >= 11 is 0. The van der Waals surface area contributed by atoms with Crippen molar-refractivity contribution in [1.82, 2.24) is 14.9 Å². The minimum absolute atomic E-state index is 0.200. The van der Waals surface area contributed by atoms with E-state index in [2.05, 4.69) is 14.9 Å². The van der Waals surface area contributed by atoms with Crippen LogP contribution in [0.25, 0.3) is 0 Å². The molecule has 0 saturated carbocycles. The number of halogens is 1. The SMILES string of the molecule is Cc1[nH]c(=O)[nH]c(=O)c1CN1CCC[C@H](CCc2ccc(F)cc2)C1. The van der Waals surface area contributed by atoms with E-state index in [-0.39, 0.29) is 11.4 Å². The summed E-state index contributed by atoms with van der Waals surface area (Å²) in [6.07, 6.45) is 4.28. The van der Waals surface area contributed by atoms with Gasteiger partial charge >= 0.3 is 5.69 Å². The molecule has 2 N–H and O–H groups in total. The van der Waals surface area contributed by atoms with Gasteiger partial charge in [0.1, 0.15) is 5.82 Å². The van der Waals surface area contributed by atoms with E-state index < -0.39 is 5.69 Å². The van der Waals surface area contributed by atoms with Gasteiger partial charge < -0.3 is 4.98 Å². The summed E-state index contributed by atoms with van der Waals surface area (Å²) in [6, 6.07) is 6.71. The first-order valence-electron chi connectivity index (χ1n) is 8.80. The molecule has 1 saturated heterocycles. The van der Waals surface area contributed by atoms with E-state index in [9.17, 15) is 14.0 Å². The number of likely N-dealkylation sites (tertiary alicyclic amines) is 1. The van der Waals surface area contributed by atoms with Crippen molar-refractivity contribution in [1.29, 1.82) is 0 Å². The highest BCUT2D eigenvalue weighted by Crippen LogP contribution is 2.22. The Morgan fingerprint density at radius 3 is 2.68 bits per heavy atom. The van der Waals surface area contributed by atoms with Gasteiger partial charge in [0.2, 0.25) is 0 Å². The van der Waals surface area contributed by atoms with Gasteiger partial charge in [-0.25, -0.2) is 9.18 Å². The van der Waals surface area contributed by atoms with Crippen LogP contribution in [-0.4, -0.2) is 28.0 Å². The molecule has 0 bridgehead atoms. The molecule has 2 aromatic rings. The molecule has 2 heterocycles. The lowest BCUT2D eigenvalue weighted by atomic mass is 9.91. The van der Waals surface area contributed by atoms with E-state index in [1.165, 1.54) is 18.6 Å². The highest BCUT2D eigenvalue weighted by Gasteiger charge is 2.21. The van der Waals surface area contributed by atoms with Crippen LogP contribution in [0.4, 0.5) is 4.39 Å². The van der Waals surface area contributed by atoms with Gasteiger partial charge in [-0.3, -0.25) is 14.7 Å². The summed E-state index contributed by atoms with van der Waals surface area (Å²) in [7, 11) is 0. The fourth-order valence-electron chi connectivity index (χ4n) is 3.59. The average Bonchev–Trinajstić information content (AvgIpc) is 2.58. The van der Waals surface area contributed by atoms with E-state index in [1.54, 1.807) is 6.92 Å². The van der Waals surface area contributed by atoms with Crippen molar-refractivity contribution in [3.8, 4) is 0 Å². The van der Waals surface area contributed by atoms with Gasteiger partial charge in [-0.2, -0.15) is 0 Å². The van der Waals surface area contributed by atoms with Gasteiger partial charge in [0.25, 0.3) is 5.56 Å². The quantitative estimate of drug-likeness (QED) is 0.874. The van der Waals surface area contributed by atoms with Gasteiger partial charge in [-0.15, -0.1) is 0 Å². The number of aromatic nitrogens is 2. The molecule has 1 atom stereocenters. The maximum absolute atomic E-state index is 13.0. The number of nitrogens with zero attached hydrogens (tertiary/aromatic N) is 1. The minimum atomic E-state index is -0.456. The second-order valence-electron chi connectivity index (χ2n) is 6.92. The lowest BCUT2D eigenvalue weighted by Gasteiger charge is -2.32. The summed E-state index contributed by atoms with van der Waals surface area (Å²) < 4.78 is 13.0. The molecule has 6 heteroatoms. The number of rotatable bonds is 5. The van der Waals surface area contributed by atoms with Crippen LogP contribution in [0.5, 0.6) is 0 Å². The number of aryl methyl sites for hydroxylation is 2. The predicted molar refractivity (Wildman–Crippen MR) is 95.1 cm³/mol. The number of benzene rings is 1. The molecule has 1 aromatic heterocycles. The number of hydrogen-bond donors (Lipinski definition) is 2. The monoisotopic (exact) mass is 345 g/mol. The van der Waals surface area contributed by atoms with Crippen molar-refractivity contribution in [2.45, 2.75) is 39.2 Å². The van der Waals surface area contributed by atoms with Crippen molar-refractivity contribution in [3.63, 3.8) is 0 Å². The summed E-state index contributed by atoms with van der Waals surface area (Å²) in [4.78, 5) is 30.6. The first-order chi connectivity index (χ1) is 12.0. The van der Waals surface area contributed by atoms with E-state index >= 15 is 0 Å². The van der Waals surface area contributed by atoms with Gasteiger partial charge in [0, 0.05) is 18.8 Å². The summed E-state index contributed by atoms with van der Waals surface area (Å²) in [5, 5.41) is 0. The zero-order valence-corrected chi connectivity index (χ0v) is 14.5. The van der Waals surface area contributed by atoms with E-state index in [0.29, 0.717) is 23.7 Å². The molecular formula is C19H24FN3O2. The van der Waals surface area contributed by atoms with Crippen molar-refractivity contribution in [3.05, 3.63) is 67.7 Å². The number of nitrogens with one attached hydrogen (secondary N) is 2. The molecule has 0 unspecified atom stereocenters. The Morgan fingerprint density at radius 2 is 1.96 bits per heavy atom. The van der Waals surface area contributed by atoms with Gasteiger partial charge in [-0.05, 0) is 62.8 Å². The Kier molecular flexibility index (Phi) is 5.48. The zero-order valence-electron chi connectivity index (χ0n) is 14.5. The highest BCUT2D eigenvalue weighted by atomic mass is 19.1. The van der Waals surface area contributed by atoms with Crippen LogP contribution in [0.3, 0.4) is 0 Å². The molecule has 1 aromatic carbocycles. The minimum Gasteiger partial charge on any atom is -0.311 e. The standard InChI is InChI=1S/C19H24FN3O2/c1-13-17(18(24)22-19(25)21-13)12-23-10-2-3-15(11-23)5-4-14-6-8-16(20)9-7-14/h6-9,15H,2-5,10-12H2,1H3,(H2,21,22,24,25)/t15-/m1/s1. The predicted octanol–water partition coefficient (Wildman–Crippen LogP) is 2.36. The Labute approximate surface area is 145 Å². The van der Waals surface area contributed by atoms with E-state index in [0.717, 1.165) is 37.9 Å². The van der Waals surface area contributed by atoms with Crippen LogP contribution >= 0.6 is 0 Å². The third-order valence-corrected chi connectivity index (χ3v) is 4.99. The Morgan fingerprint density at radius 1 is 1.20 bits per heavy atom. The second-order valence-corrected chi connectivity index (χ2v) is 6.92.